The summed E-state index contributed by atoms with van der Waals surface area (Å²) in [5.74, 6) is 1.33. The molecule has 2 N–H and O–H groups in total. The molecule has 2 amide bonds. The van der Waals surface area contributed by atoms with Crippen LogP contribution in [0.5, 0.6) is 11.5 Å². The van der Waals surface area contributed by atoms with Crippen molar-refractivity contribution in [2.45, 2.75) is 45.6 Å². The van der Waals surface area contributed by atoms with Gasteiger partial charge in [-0.15, -0.1) is 0 Å². The minimum absolute atomic E-state index is 0.0166. The van der Waals surface area contributed by atoms with E-state index in [2.05, 4.69) is 31.4 Å². The highest BCUT2D eigenvalue weighted by molar-refractivity contribution is 5.72. The number of carbonyl (C=O) groups excluding carboxylic acids is 2. The Labute approximate surface area is 178 Å². The minimum Gasteiger partial charge on any atom is -0.410 e. The van der Waals surface area contributed by atoms with Gasteiger partial charge in [0.15, 0.2) is 0 Å². The van der Waals surface area contributed by atoms with Crippen LogP contribution in [0.25, 0.3) is 0 Å². The summed E-state index contributed by atoms with van der Waals surface area (Å²) in [6.07, 6.45) is 1.45. The minimum atomic E-state index is -0.622. The van der Waals surface area contributed by atoms with Crippen LogP contribution in [0.1, 0.15) is 40.0 Å². The van der Waals surface area contributed by atoms with E-state index < -0.39 is 17.7 Å². The summed E-state index contributed by atoms with van der Waals surface area (Å²) in [5.41, 5.74) is -0.606. The van der Waals surface area contributed by atoms with Gasteiger partial charge in [0, 0.05) is 6.54 Å². The molecule has 2 aromatic rings. The normalized spacial score (nSPS) is 22.6. The zero-order valence-corrected chi connectivity index (χ0v) is 17.8. The molecule has 30 heavy (non-hydrogen) atoms. The summed E-state index contributed by atoms with van der Waals surface area (Å²) >= 11 is 0. The molecule has 0 aromatic heterocycles. The molecule has 0 spiro atoms. The Bertz CT molecular complexity index is 854. The van der Waals surface area contributed by atoms with E-state index >= 15 is 0 Å². The molecule has 2 aromatic carbocycles. The first-order valence-corrected chi connectivity index (χ1v) is 10.3. The van der Waals surface area contributed by atoms with Crippen LogP contribution in [-0.4, -0.2) is 24.3 Å². The number of rotatable bonds is 5. The maximum atomic E-state index is 12.7. The van der Waals surface area contributed by atoms with Gasteiger partial charge in [-0.3, -0.25) is 0 Å². The monoisotopic (exact) mass is 410 g/mol. The predicted octanol–water partition coefficient (Wildman–Crippen LogP) is 5.15. The molecule has 0 radical (unpaired) electrons. The molecule has 6 nitrogen and oxygen atoms in total. The van der Waals surface area contributed by atoms with Crippen molar-refractivity contribution in [1.82, 2.24) is 10.6 Å². The third-order valence-corrected chi connectivity index (χ3v) is 5.30. The first kappa shape index (κ1) is 21.7. The molecule has 1 fully saturated rings. The number of amides is 2. The molecule has 0 saturated heterocycles. The number of ether oxygens (including phenoxy) is 2. The largest absolute Gasteiger partial charge is 0.413 e. The molecule has 1 saturated carbocycles. The molecular weight excluding hydrogens is 380 g/mol. The van der Waals surface area contributed by atoms with E-state index in [9.17, 15) is 9.59 Å². The molecule has 0 bridgehead atoms. The van der Waals surface area contributed by atoms with Crippen LogP contribution in [0.4, 0.5) is 9.59 Å². The number of benzene rings is 2. The van der Waals surface area contributed by atoms with Gasteiger partial charge in [-0.2, -0.15) is 0 Å². The SMILES string of the molecule is CC1CC(C)(C)CC(CNC(=O)Oc2ccccc2)(NC(=O)Oc2ccccc2)C1. The van der Waals surface area contributed by atoms with Crippen molar-refractivity contribution in [3.63, 3.8) is 0 Å². The van der Waals surface area contributed by atoms with E-state index in [1.807, 2.05) is 24.3 Å². The Kier molecular flexibility index (Phi) is 6.65. The number of para-hydroxylation sites is 2. The Morgan fingerprint density at radius 1 is 0.900 bits per heavy atom. The molecule has 1 aliphatic carbocycles. The second-order valence-electron chi connectivity index (χ2n) is 9.02. The van der Waals surface area contributed by atoms with E-state index in [-0.39, 0.29) is 12.0 Å². The fraction of sp³-hybridized carbons (Fsp3) is 0.417. The number of nitrogens with one attached hydrogen (secondary N) is 2. The van der Waals surface area contributed by atoms with Gasteiger partial charge in [-0.05, 0) is 54.9 Å². The Morgan fingerprint density at radius 3 is 1.97 bits per heavy atom. The summed E-state index contributed by atoms with van der Waals surface area (Å²) in [5, 5.41) is 5.89. The van der Waals surface area contributed by atoms with Crippen LogP contribution in [0.3, 0.4) is 0 Å². The number of hydrogen-bond donors (Lipinski definition) is 2. The first-order chi connectivity index (χ1) is 14.3. The van der Waals surface area contributed by atoms with Gasteiger partial charge in [-0.1, -0.05) is 57.2 Å². The van der Waals surface area contributed by atoms with Crippen molar-refractivity contribution in [1.29, 1.82) is 0 Å². The maximum absolute atomic E-state index is 12.7. The third kappa shape index (κ3) is 6.24. The van der Waals surface area contributed by atoms with Crippen LogP contribution in [-0.2, 0) is 0 Å². The molecule has 1 aliphatic rings. The highest BCUT2D eigenvalue weighted by atomic mass is 16.6. The molecule has 0 heterocycles. The lowest BCUT2D eigenvalue weighted by molar-refractivity contribution is 0.0789. The molecule has 0 aliphatic heterocycles. The summed E-state index contributed by atoms with van der Waals surface area (Å²) < 4.78 is 10.8. The second-order valence-corrected chi connectivity index (χ2v) is 9.02. The van der Waals surface area contributed by atoms with Gasteiger partial charge in [0.2, 0.25) is 0 Å². The van der Waals surface area contributed by atoms with Crippen molar-refractivity contribution < 1.29 is 19.1 Å². The standard InChI is InChI=1S/C24H30N2O4/c1-18-14-23(2,3)16-24(15-18,26-22(28)30-20-12-8-5-9-13-20)17-25-21(27)29-19-10-6-4-7-11-19/h4-13,18H,14-17H2,1-3H3,(H,25,27)(H,26,28). The lowest BCUT2D eigenvalue weighted by atomic mass is 9.64. The Hall–Kier alpha value is -3.02. The van der Waals surface area contributed by atoms with Crippen molar-refractivity contribution in [2.75, 3.05) is 6.54 Å². The van der Waals surface area contributed by atoms with Crippen LogP contribution in [0.2, 0.25) is 0 Å². The van der Waals surface area contributed by atoms with Crippen molar-refractivity contribution in [2.24, 2.45) is 11.3 Å². The van der Waals surface area contributed by atoms with E-state index in [1.54, 1.807) is 36.4 Å². The number of carbonyl (C=O) groups is 2. The lowest BCUT2D eigenvalue weighted by Gasteiger charge is -2.47. The Morgan fingerprint density at radius 2 is 1.43 bits per heavy atom. The zero-order chi connectivity index (χ0) is 21.6. The summed E-state index contributed by atoms with van der Waals surface area (Å²) in [6.45, 7) is 6.80. The summed E-state index contributed by atoms with van der Waals surface area (Å²) in [6, 6.07) is 17.8. The third-order valence-electron chi connectivity index (χ3n) is 5.30. The fourth-order valence-electron chi connectivity index (χ4n) is 4.73. The zero-order valence-electron chi connectivity index (χ0n) is 17.8. The molecule has 160 valence electrons. The molecule has 6 heteroatoms. The second kappa shape index (κ2) is 9.20. The van der Waals surface area contributed by atoms with Gasteiger partial charge in [-0.25, -0.2) is 9.59 Å². The predicted molar refractivity (Wildman–Crippen MR) is 116 cm³/mol. The van der Waals surface area contributed by atoms with Gasteiger partial charge in [0.05, 0.1) is 5.54 Å². The summed E-state index contributed by atoms with van der Waals surface area (Å²) in [7, 11) is 0. The van der Waals surface area contributed by atoms with E-state index in [4.69, 9.17) is 9.47 Å². The number of hydrogen-bond acceptors (Lipinski definition) is 4. The van der Waals surface area contributed by atoms with Gasteiger partial charge in [0.25, 0.3) is 0 Å². The van der Waals surface area contributed by atoms with Crippen LogP contribution < -0.4 is 20.1 Å². The molecule has 2 unspecified atom stereocenters. The first-order valence-electron chi connectivity index (χ1n) is 10.3. The van der Waals surface area contributed by atoms with Gasteiger partial charge in [0.1, 0.15) is 11.5 Å². The smallest absolute Gasteiger partial charge is 0.410 e. The van der Waals surface area contributed by atoms with Crippen LogP contribution in [0.15, 0.2) is 60.7 Å². The van der Waals surface area contributed by atoms with E-state index in [0.717, 1.165) is 19.3 Å². The fourth-order valence-corrected chi connectivity index (χ4v) is 4.73. The molecule has 2 atom stereocenters. The van der Waals surface area contributed by atoms with Crippen LogP contribution >= 0.6 is 0 Å². The van der Waals surface area contributed by atoms with E-state index in [0.29, 0.717) is 17.4 Å². The lowest BCUT2D eigenvalue weighted by Crippen LogP contribution is -2.61. The summed E-state index contributed by atoms with van der Waals surface area (Å²) in [4.78, 5) is 25.0. The molecular formula is C24H30N2O4. The molecule has 3 rings (SSSR count). The highest BCUT2D eigenvalue weighted by Crippen LogP contribution is 2.43. The van der Waals surface area contributed by atoms with Crippen molar-refractivity contribution in [3.05, 3.63) is 60.7 Å². The highest BCUT2D eigenvalue weighted by Gasteiger charge is 2.44. The average Bonchev–Trinajstić information content (AvgIpc) is 2.66. The topological polar surface area (TPSA) is 76.7 Å². The van der Waals surface area contributed by atoms with Crippen LogP contribution in [0, 0.1) is 11.3 Å². The average molecular weight is 411 g/mol. The van der Waals surface area contributed by atoms with Crippen molar-refractivity contribution >= 4 is 12.2 Å². The van der Waals surface area contributed by atoms with Crippen molar-refractivity contribution in [3.8, 4) is 11.5 Å². The quantitative estimate of drug-likeness (QED) is 0.715. The van der Waals surface area contributed by atoms with E-state index in [1.165, 1.54) is 0 Å². The van der Waals surface area contributed by atoms with Gasteiger partial charge >= 0.3 is 12.2 Å². The van der Waals surface area contributed by atoms with Gasteiger partial charge < -0.3 is 20.1 Å². The maximum Gasteiger partial charge on any atom is 0.413 e. The Balaban J connectivity index is 1.69.